The molecule has 3 rings (SSSR count). The van der Waals surface area contributed by atoms with E-state index in [0.29, 0.717) is 13.0 Å². The second-order valence-corrected chi connectivity index (χ2v) is 5.66. The second kappa shape index (κ2) is 7.59. The smallest absolute Gasteiger partial charge is 0.245 e. The van der Waals surface area contributed by atoms with Crippen LogP contribution in [-0.4, -0.2) is 25.5 Å². The van der Waals surface area contributed by atoms with Crippen LogP contribution in [0.2, 0.25) is 0 Å². The Morgan fingerprint density at radius 1 is 1.17 bits per heavy atom. The molecule has 1 N–H and O–H groups in total. The first kappa shape index (κ1) is 16.0. The Hall–Kier alpha value is -2.89. The van der Waals surface area contributed by atoms with Gasteiger partial charge >= 0.3 is 0 Å². The van der Waals surface area contributed by atoms with Gasteiger partial charge in [0.25, 0.3) is 0 Å². The molecule has 2 heterocycles. The fourth-order valence-corrected chi connectivity index (χ4v) is 2.62. The fourth-order valence-electron chi connectivity index (χ4n) is 2.62. The minimum absolute atomic E-state index is 0.0305. The average Bonchev–Trinajstić information content (AvgIpc) is 3.27. The number of hydrogen-bond acceptors (Lipinski definition) is 3. The lowest BCUT2D eigenvalue weighted by Crippen LogP contribution is -2.32. The average molecular weight is 323 g/mol. The third kappa shape index (κ3) is 3.90. The molecular formula is C18H21N5O. The zero-order valence-electron chi connectivity index (χ0n) is 13.7. The molecule has 124 valence electrons. The Kier molecular flexibility index (Phi) is 5.05. The van der Waals surface area contributed by atoms with E-state index < -0.39 is 0 Å². The lowest BCUT2D eigenvalue weighted by atomic mass is 10.2. The monoisotopic (exact) mass is 323 g/mol. The van der Waals surface area contributed by atoms with Gasteiger partial charge < -0.3 is 5.32 Å². The van der Waals surface area contributed by atoms with Crippen LogP contribution in [0.1, 0.15) is 30.5 Å². The van der Waals surface area contributed by atoms with Gasteiger partial charge in [0.1, 0.15) is 6.04 Å². The molecule has 1 atom stereocenters. The number of carbonyl (C=O) groups excluding carboxylic acids is 1. The van der Waals surface area contributed by atoms with E-state index in [1.54, 1.807) is 17.1 Å². The third-order valence-corrected chi connectivity index (χ3v) is 3.87. The van der Waals surface area contributed by atoms with Crippen molar-refractivity contribution in [1.29, 1.82) is 0 Å². The molecule has 1 aromatic carbocycles. The molecule has 0 saturated carbocycles. The minimum atomic E-state index is -0.278. The van der Waals surface area contributed by atoms with Gasteiger partial charge in [-0.1, -0.05) is 37.3 Å². The molecule has 0 aliphatic rings. The van der Waals surface area contributed by atoms with Crippen LogP contribution < -0.4 is 5.32 Å². The topological polar surface area (TPSA) is 64.7 Å². The Morgan fingerprint density at radius 3 is 2.71 bits per heavy atom. The molecule has 0 radical (unpaired) electrons. The van der Waals surface area contributed by atoms with Crippen LogP contribution in [0.3, 0.4) is 0 Å². The van der Waals surface area contributed by atoms with E-state index in [1.807, 2.05) is 48.3 Å². The summed E-state index contributed by atoms with van der Waals surface area (Å²) in [6.07, 6.45) is 7.94. The van der Waals surface area contributed by atoms with Crippen molar-refractivity contribution in [3.63, 3.8) is 0 Å². The summed E-state index contributed by atoms with van der Waals surface area (Å²) in [5.74, 6) is -0.0305. The first-order valence-corrected chi connectivity index (χ1v) is 8.08. The van der Waals surface area contributed by atoms with Crippen LogP contribution in [0.4, 0.5) is 0 Å². The normalized spacial score (nSPS) is 12.0. The van der Waals surface area contributed by atoms with Crippen molar-refractivity contribution in [2.24, 2.45) is 0 Å². The van der Waals surface area contributed by atoms with Crippen molar-refractivity contribution in [2.75, 3.05) is 0 Å². The van der Waals surface area contributed by atoms with Crippen LogP contribution in [0.5, 0.6) is 0 Å². The van der Waals surface area contributed by atoms with E-state index in [9.17, 15) is 4.79 Å². The van der Waals surface area contributed by atoms with Gasteiger partial charge in [0.05, 0.1) is 12.7 Å². The van der Waals surface area contributed by atoms with Crippen LogP contribution in [0.25, 0.3) is 0 Å². The predicted octanol–water partition coefficient (Wildman–Crippen LogP) is 2.40. The highest BCUT2D eigenvalue weighted by Crippen LogP contribution is 2.10. The zero-order chi connectivity index (χ0) is 16.8. The zero-order valence-corrected chi connectivity index (χ0v) is 13.7. The number of rotatable bonds is 7. The van der Waals surface area contributed by atoms with Crippen molar-refractivity contribution in [3.05, 3.63) is 72.3 Å². The largest absolute Gasteiger partial charge is 0.350 e. The first-order chi connectivity index (χ1) is 11.8. The van der Waals surface area contributed by atoms with Gasteiger partial charge in [0.15, 0.2) is 0 Å². The highest BCUT2D eigenvalue weighted by atomic mass is 16.2. The number of aromatic nitrogens is 4. The van der Waals surface area contributed by atoms with Crippen LogP contribution in [-0.2, 0) is 17.9 Å². The Labute approximate surface area is 141 Å². The van der Waals surface area contributed by atoms with E-state index in [1.165, 1.54) is 5.56 Å². The molecule has 0 saturated heterocycles. The number of nitrogens with one attached hydrogen (secondary N) is 1. The number of carbonyl (C=O) groups is 1. The summed E-state index contributed by atoms with van der Waals surface area (Å²) in [5, 5.41) is 11.5. The van der Waals surface area contributed by atoms with Crippen molar-refractivity contribution in [3.8, 4) is 0 Å². The number of hydrogen-bond donors (Lipinski definition) is 1. The van der Waals surface area contributed by atoms with Gasteiger partial charge in [0, 0.05) is 30.7 Å². The van der Waals surface area contributed by atoms with Gasteiger partial charge in [-0.3, -0.25) is 14.2 Å². The lowest BCUT2D eigenvalue weighted by molar-refractivity contribution is -0.124. The van der Waals surface area contributed by atoms with Gasteiger partial charge in [0.2, 0.25) is 5.91 Å². The standard InChI is InChI=1S/C18H21N5O/c1-2-17(23-10-6-9-20-23)18(24)19-11-16-12-21-22(14-16)13-15-7-4-3-5-8-15/h3-10,12,14,17H,2,11,13H2,1H3,(H,19,24). The van der Waals surface area contributed by atoms with Crippen molar-refractivity contribution >= 4 is 5.91 Å². The van der Waals surface area contributed by atoms with E-state index in [-0.39, 0.29) is 11.9 Å². The molecular weight excluding hydrogens is 302 g/mol. The molecule has 0 fully saturated rings. The maximum atomic E-state index is 12.3. The summed E-state index contributed by atoms with van der Waals surface area (Å²) in [5.41, 5.74) is 2.18. The van der Waals surface area contributed by atoms with Gasteiger partial charge in [-0.05, 0) is 18.1 Å². The van der Waals surface area contributed by atoms with E-state index in [4.69, 9.17) is 0 Å². The molecule has 6 heteroatoms. The minimum Gasteiger partial charge on any atom is -0.350 e. The summed E-state index contributed by atoms with van der Waals surface area (Å²) in [7, 11) is 0. The van der Waals surface area contributed by atoms with Crippen LogP contribution >= 0.6 is 0 Å². The maximum absolute atomic E-state index is 12.3. The van der Waals surface area contributed by atoms with Gasteiger partial charge in [-0.15, -0.1) is 0 Å². The molecule has 24 heavy (non-hydrogen) atoms. The molecule has 3 aromatic rings. The quantitative estimate of drug-likeness (QED) is 0.726. The molecule has 2 aromatic heterocycles. The van der Waals surface area contributed by atoms with E-state index >= 15 is 0 Å². The SMILES string of the molecule is CCC(C(=O)NCc1cnn(Cc2ccccc2)c1)n1cccn1. The highest BCUT2D eigenvalue weighted by Gasteiger charge is 2.18. The molecule has 0 spiro atoms. The van der Waals surface area contributed by atoms with Crippen molar-refractivity contribution in [2.45, 2.75) is 32.5 Å². The van der Waals surface area contributed by atoms with Gasteiger partial charge in [-0.25, -0.2) is 0 Å². The van der Waals surface area contributed by atoms with Crippen LogP contribution in [0, 0.1) is 0 Å². The third-order valence-electron chi connectivity index (χ3n) is 3.87. The van der Waals surface area contributed by atoms with Crippen molar-refractivity contribution < 1.29 is 4.79 Å². The summed E-state index contributed by atoms with van der Waals surface area (Å²) < 4.78 is 3.57. The highest BCUT2D eigenvalue weighted by molar-refractivity contribution is 5.80. The number of nitrogens with zero attached hydrogens (tertiary/aromatic N) is 4. The second-order valence-electron chi connectivity index (χ2n) is 5.66. The summed E-state index contributed by atoms with van der Waals surface area (Å²) in [6, 6.07) is 11.7. The Bertz CT molecular complexity index is 764. The molecule has 1 amide bonds. The summed E-state index contributed by atoms with van der Waals surface area (Å²) in [4.78, 5) is 12.3. The van der Waals surface area contributed by atoms with Gasteiger partial charge in [-0.2, -0.15) is 10.2 Å². The molecule has 0 aliphatic carbocycles. The van der Waals surface area contributed by atoms with E-state index in [2.05, 4.69) is 27.6 Å². The number of amides is 1. The molecule has 1 unspecified atom stereocenters. The van der Waals surface area contributed by atoms with Crippen LogP contribution in [0.15, 0.2) is 61.2 Å². The van der Waals surface area contributed by atoms with Crippen molar-refractivity contribution in [1.82, 2.24) is 24.9 Å². The fraction of sp³-hybridized carbons (Fsp3) is 0.278. The van der Waals surface area contributed by atoms with E-state index in [0.717, 1.165) is 12.1 Å². The molecule has 0 aliphatic heterocycles. The Morgan fingerprint density at radius 2 is 2.00 bits per heavy atom. The number of benzene rings is 1. The summed E-state index contributed by atoms with van der Waals surface area (Å²) >= 11 is 0. The molecule has 0 bridgehead atoms. The summed E-state index contributed by atoms with van der Waals surface area (Å²) in [6.45, 7) is 3.16. The first-order valence-electron chi connectivity index (χ1n) is 8.08. The maximum Gasteiger partial charge on any atom is 0.245 e. The Balaban J connectivity index is 1.56. The molecule has 6 nitrogen and oxygen atoms in total. The lowest BCUT2D eigenvalue weighted by Gasteiger charge is -2.15. The predicted molar refractivity (Wildman–Crippen MR) is 91.2 cm³/mol.